The molecule has 0 aromatic heterocycles. The summed E-state index contributed by atoms with van der Waals surface area (Å²) in [6, 6.07) is 0. The van der Waals surface area contributed by atoms with Gasteiger partial charge in [0, 0.05) is 6.42 Å². The molecule has 0 saturated carbocycles. The monoisotopic (exact) mass is 223 g/mol. The van der Waals surface area contributed by atoms with Crippen molar-refractivity contribution in [1.82, 2.24) is 0 Å². The minimum absolute atomic E-state index is 0.377. The van der Waals surface area contributed by atoms with E-state index in [-0.39, 0.29) is 0 Å². The smallest absolute Gasteiger partial charge is 0.132 e. The Labute approximate surface area is 98.5 Å². The van der Waals surface area contributed by atoms with Crippen LogP contribution in [-0.2, 0) is 0 Å². The molecule has 87 valence electrons. The molecule has 0 heterocycles. The summed E-state index contributed by atoms with van der Waals surface area (Å²) >= 11 is 0. The van der Waals surface area contributed by atoms with E-state index in [9.17, 15) is 0 Å². The van der Waals surface area contributed by atoms with Gasteiger partial charge in [-0.3, -0.25) is 0 Å². The second-order valence-corrected chi connectivity index (χ2v) is 10.3. The molecule has 0 aliphatic heterocycles. The van der Waals surface area contributed by atoms with Crippen LogP contribution in [0.3, 0.4) is 0 Å². The molecule has 1 heteroatoms. The van der Waals surface area contributed by atoms with E-state index < -0.39 is 8.80 Å². The van der Waals surface area contributed by atoms with Crippen molar-refractivity contribution in [2.75, 3.05) is 0 Å². The fourth-order valence-electron chi connectivity index (χ4n) is 1.92. The highest BCUT2D eigenvalue weighted by Crippen LogP contribution is 2.41. The van der Waals surface area contributed by atoms with Gasteiger partial charge in [-0.25, -0.2) is 0 Å². The molecule has 0 aliphatic carbocycles. The molecule has 0 nitrogen and oxygen atoms in total. The zero-order valence-corrected chi connectivity index (χ0v) is 12.6. The lowest BCUT2D eigenvalue weighted by Crippen LogP contribution is -2.33. The van der Waals surface area contributed by atoms with E-state index >= 15 is 0 Å². The maximum absolute atomic E-state index is 3.59. The third kappa shape index (κ3) is 6.05. The molecule has 0 unspecified atom stereocenters. The molecule has 0 aromatic carbocycles. The summed E-state index contributed by atoms with van der Waals surface area (Å²) in [5.41, 5.74) is 3.59. The highest BCUT2D eigenvalue weighted by molar-refractivity contribution is 6.73. The van der Waals surface area contributed by atoms with Crippen molar-refractivity contribution in [3.8, 4) is 11.5 Å². The fraction of sp³-hybridized carbons (Fsp3) is 0.857. The third-order valence-electron chi connectivity index (χ3n) is 2.37. The summed E-state index contributed by atoms with van der Waals surface area (Å²) < 4.78 is 0. The van der Waals surface area contributed by atoms with Crippen LogP contribution in [0.2, 0.25) is 10.1 Å². The van der Waals surface area contributed by atoms with Crippen LogP contribution in [0.15, 0.2) is 0 Å². The van der Waals surface area contributed by atoms with Gasteiger partial charge in [-0.1, -0.05) is 54.9 Å². The molecule has 0 atom stereocenters. The van der Waals surface area contributed by atoms with E-state index in [1.54, 1.807) is 0 Å². The van der Waals surface area contributed by atoms with Crippen molar-refractivity contribution < 1.29 is 0 Å². The minimum atomic E-state index is -0.617. The van der Waals surface area contributed by atoms with E-state index in [4.69, 9.17) is 0 Å². The molecule has 0 bridgehead atoms. The van der Waals surface area contributed by atoms with Crippen molar-refractivity contribution >= 4 is 8.80 Å². The average Bonchev–Trinajstić information content (AvgIpc) is 1.99. The maximum Gasteiger partial charge on any atom is 0.155 e. The molecular formula is C14H27Si. The largest absolute Gasteiger partial charge is 0.155 e. The van der Waals surface area contributed by atoms with Crippen LogP contribution in [0.1, 0.15) is 67.7 Å². The second kappa shape index (κ2) is 5.75. The van der Waals surface area contributed by atoms with Gasteiger partial charge >= 0.3 is 0 Å². The van der Waals surface area contributed by atoms with Gasteiger partial charge < -0.3 is 0 Å². The molecular weight excluding hydrogens is 196 g/mol. The number of rotatable bonds is 2. The molecule has 0 rings (SSSR count). The Bertz CT molecular complexity index is 215. The molecule has 0 saturated heterocycles. The lowest BCUT2D eigenvalue weighted by Gasteiger charge is -2.34. The molecule has 0 N–H and O–H groups in total. The quantitative estimate of drug-likeness (QED) is 0.358. The van der Waals surface area contributed by atoms with Gasteiger partial charge in [0.1, 0.15) is 0 Å². The molecule has 0 aliphatic rings. The summed E-state index contributed by atoms with van der Waals surface area (Å²) in [4.78, 5) is 0. The van der Waals surface area contributed by atoms with Crippen molar-refractivity contribution in [3.05, 3.63) is 0 Å². The summed E-state index contributed by atoms with van der Waals surface area (Å²) in [5, 5.41) is 0.754. The maximum atomic E-state index is 3.59. The van der Waals surface area contributed by atoms with Crippen LogP contribution in [0.25, 0.3) is 0 Å². The van der Waals surface area contributed by atoms with Crippen LogP contribution >= 0.6 is 0 Å². The molecule has 15 heavy (non-hydrogen) atoms. The Morgan fingerprint density at radius 3 is 1.73 bits per heavy atom. The lowest BCUT2D eigenvalue weighted by molar-refractivity contribution is 0.655. The first-order chi connectivity index (χ1) is 6.69. The molecule has 0 spiro atoms. The Morgan fingerprint density at radius 2 is 1.40 bits per heavy atom. The Hall–Kier alpha value is -0.223. The highest BCUT2D eigenvalue weighted by atomic mass is 28.3. The predicted octanol–water partition coefficient (Wildman–Crippen LogP) is 4.81. The average molecular weight is 223 g/mol. The van der Waals surface area contributed by atoms with Gasteiger partial charge in [0.25, 0.3) is 0 Å². The van der Waals surface area contributed by atoms with Crippen molar-refractivity contribution in [3.63, 3.8) is 0 Å². The van der Waals surface area contributed by atoms with Gasteiger partial charge in [0.15, 0.2) is 8.80 Å². The SMILES string of the molecule is CCCCC#C[Si](C(C)(C)C)C(C)(C)C. The van der Waals surface area contributed by atoms with Crippen LogP contribution in [0.4, 0.5) is 0 Å². The van der Waals surface area contributed by atoms with Crippen LogP contribution in [-0.4, -0.2) is 8.80 Å². The number of hydrogen-bond donors (Lipinski definition) is 0. The summed E-state index contributed by atoms with van der Waals surface area (Å²) in [6.45, 7) is 16.2. The number of unbranched alkanes of at least 4 members (excludes halogenated alkanes) is 2. The normalized spacial score (nSPS) is 12.5. The molecule has 1 radical (unpaired) electrons. The number of hydrogen-bond acceptors (Lipinski definition) is 0. The Balaban J connectivity index is 4.59. The van der Waals surface area contributed by atoms with Crippen LogP contribution in [0, 0.1) is 11.5 Å². The van der Waals surface area contributed by atoms with Gasteiger partial charge in [-0.2, -0.15) is 0 Å². The fourth-order valence-corrected chi connectivity index (χ4v) is 5.22. The van der Waals surface area contributed by atoms with Crippen molar-refractivity contribution in [2.24, 2.45) is 0 Å². The Kier molecular flexibility index (Phi) is 5.66. The predicted molar refractivity (Wildman–Crippen MR) is 72.5 cm³/mol. The van der Waals surface area contributed by atoms with Crippen LogP contribution in [0.5, 0.6) is 0 Å². The van der Waals surface area contributed by atoms with Crippen molar-refractivity contribution in [1.29, 1.82) is 0 Å². The topological polar surface area (TPSA) is 0 Å². The van der Waals surface area contributed by atoms with Gasteiger partial charge in [-0.05, 0) is 16.5 Å². The first-order valence-electron chi connectivity index (χ1n) is 6.06. The van der Waals surface area contributed by atoms with E-state index in [1.165, 1.54) is 12.8 Å². The molecule has 0 aromatic rings. The van der Waals surface area contributed by atoms with E-state index in [0.29, 0.717) is 10.1 Å². The summed E-state index contributed by atoms with van der Waals surface area (Å²) in [5.74, 6) is 3.39. The van der Waals surface area contributed by atoms with Gasteiger partial charge in [-0.15, -0.1) is 11.5 Å². The van der Waals surface area contributed by atoms with Gasteiger partial charge in [0.05, 0.1) is 0 Å². The first-order valence-corrected chi connectivity index (χ1v) is 7.56. The zero-order chi connectivity index (χ0) is 12.1. The van der Waals surface area contributed by atoms with Gasteiger partial charge in [0.2, 0.25) is 0 Å². The zero-order valence-electron chi connectivity index (χ0n) is 11.6. The summed E-state index contributed by atoms with van der Waals surface area (Å²) in [7, 11) is -0.617. The van der Waals surface area contributed by atoms with E-state index in [1.807, 2.05) is 0 Å². The molecule has 0 fully saturated rings. The first kappa shape index (κ1) is 14.8. The minimum Gasteiger partial charge on any atom is -0.132 e. The second-order valence-electron chi connectivity index (χ2n) is 6.28. The molecule has 0 amide bonds. The van der Waals surface area contributed by atoms with E-state index in [0.717, 1.165) is 6.42 Å². The highest BCUT2D eigenvalue weighted by Gasteiger charge is 2.35. The lowest BCUT2D eigenvalue weighted by atomic mass is 10.2. The summed E-state index contributed by atoms with van der Waals surface area (Å²) in [6.07, 6.45) is 3.58. The Morgan fingerprint density at radius 1 is 0.933 bits per heavy atom. The van der Waals surface area contributed by atoms with Crippen LogP contribution < -0.4 is 0 Å². The third-order valence-corrected chi connectivity index (χ3v) is 5.80. The van der Waals surface area contributed by atoms with Crippen molar-refractivity contribution in [2.45, 2.75) is 77.8 Å². The standard InChI is InChI=1S/C14H27Si/c1-8-9-10-11-12-15(13(2,3)4)14(5,6)7/h8-10H2,1-7H3. The van der Waals surface area contributed by atoms with E-state index in [2.05, 4.69) is 59.9 Å².